The first-order valence-electron chi connectivity index (χ1n) is 7.05. The Bertz CT molecular complexity index is 1040. The van der Waals surface area contributed by atoms with Gasteiger partial charge >= 0.3 is 4.87 Å². The zero-order valence-electron chi connectivity index (χ0n) is 12.2. The Morgan fingerprint density at radius 2 is 2.04 bits per heavy atom. The summed E-state index contributed by atoms with van der Waals surface area (Å²) in [5.41, 5.74) is 7.02. The fourth-order valence-corrected chi connectivity index (χ4v) is 3.90. The number of carbonyl (C=O) groups is 1. The predicted molar refractivity (Wildman–Crippen MR) is 91.3 cm³/mol. The van der Waals surface area contributed by atoms with Gasteiger partial charge in [-0.15, -0.1) is 0 Å². The van der Waals surface area contributed by atoms with Crippen molar-refractivity contribution in [3.8, 4) is 11.5 Å². The third kappa shape index (κ3) is 2.33. The van der Waals surface area contributed by atoms with Crippen molar-refractivity contribution in [2.45, 2.75) is 6.54 Å². The van der Waals surface area contributed by atoms with Gasteiger partial charge in [-0.1, -0.05) is 29.0 Å². The van der Waals surface area contributed by atoms with E-state index in [0.717, 1.165) is 16.9 Å². The Labute approximate surface area is 145 Å². The molecule has 0 radical (unpaired) electrons. The van der Waals surface area contributed by atoms with Crippen molar-refractivity contribution < 1.29 is 14.3 Å². The standard InChI is InChI=1S/C16H11ClN2O4S/c17-10-3-2-9(15(18)20)13-14(10)24-16(21)19(13)6-8-1-4-11-12(5-8)23-7-22-11/h1-5H,6-7H2,(H2,18,20). The molecular formula is C16H11ClN2O4S. The van der Waals surface area contributed by atoms with E-state index in [4.69, 9.17) is 26.8 Å². The van der Waals surface area contributed by atoms with Crippen molar-refractivity contribution >= 4 is 39.1 Å². The van der Waals surface area contributed by atoms with E-state index in [1.807, 2.05) is 12.1 Å². The van der Waals surface area contributed by atoms with Crippen LogP contribution in [0.2, 0.25) is 5.02 Å². The first kappa shape index (κ1) is 15.0. The van der Waals surface area contributed by atoms with Crippen LogP contribution in [-0.2, 0) is 6.54 Å². The lowest BCUT2D eigenvalue weighted by molar-refractivity contribution is 0.100. The van der Waals surface area contributed by atoms with E-state index in [2.05, 4.69) is 0 Å². The normalized spacial score (nSPS) is 12.7. The number of hydrogen-bond acceptors (Lipinski definition) is 5. The van der Waals surface area contributed by atoms with E-state index in [9.17, 15) is 9.59 Å². The number of carbonyl (C=O) groups excluding carboxylic acids is 1. The van der Waals surface area contributed by atoms with Gasteiger partial charge in [-0.05, 0) is 29.8 Å². The summed E-state index contributed by atoms with van der Waals surface area (Å²) < 4.78 is 12.7. The zero-order valence-corrected chi connectivity index (χ0v) is 13.8. The Morgan fingerprint density at radius 3 is 2.83 bits per heavy atom. The minimum absolute atomic E-state index is 0.182. The summed E-state index contributed by atoms with van der Waals surface area (Å²) in [6.07, 6.45) is 0. The maximum Gasteiger partial charge on any atom is 0.308 e. The predicted octanol–water partition coefficient (Wildman–Crippen LogP) is 2.59. The number of aromatic nitrogens is 1. The number of fused-ring (bicyclic) bond motifs is 2. The van der Waals surface area contributed by atoms with Gasteiger partial charge in [0.05, 0.1) is 27.3 Å². The van der Waals surface area contributed by atoms with Crippen LogP contribution < -0.4 is 20.1 Å². The third-order valence-corrected chi connectivity index (χ3v) is 5.25. The second-order valence-electron chi connectivity index (χ2n) is 5.28. The lowest BCUT2D eigenvalue weighted by Crippen LogP contribution is -2.18. The van der Waals surface area contributed by atoms with Crippen LogP contribution in [0.1, 0.15) is 15.9 Å². The molecule has 6 nitrogen and oxygen atoms in total. The fraction of sp³-hybridized carbons (Fsp3) is 0.125. The largest absolute Gasteiger partial charge is 0.454 e. The molecule has 2 heterocycles. The Balaban J connectivity index is 1.87. The number of nitrogens with zero attached hydrogens (tertiary/aromatic N) is 1. The summed E-state index contributed by atoms with van der Waals surface area (Å²) in [6, 6.07) is 8.56. The molecule has 3 aromatic rings. The van der Waals surface area contributed by atoms with E-state index < -0.39 is 5.91 Å². The lowest BCUT2D eigenvalue weighted by Gasteiger charge is -2.08. The number of halogens is 1. The van der Waals surface area contributed by atoms with Crippen LogP contribution in [0.15, 0.2) is 35.1 Å². The summed E-state index contributed by atoms with van der Waals surface area (Å²) >= 11 is 7.16. The minimum atomic E-state index is -0.603. The number of rotatable bonds is 3. The summed E-state index contributed by atoms with van der Waals surface area (Å²) in [7, 11) is 0. The molecule has 0 saturated carbocycles. The van der Waals surface area contributed by atoms with Gasteiger partial charge in [-0.3, -0.25) is 14.2 Å². The molecule has 1 aliphatic heterocycles. The number of nitrogens with two attached hydrogens (primary N) is 1. The minimum Gasteiger partial charge on any atom is -0.454 e. The molecule has 0 bridgehead atoms. The molecule has 122 valence electrons. The van der Waals surface area contributed by atoms with Crippen LogP contribution in [0, 0.1) is 0 Å². The maximum absolute atomic E-state index is 12.4. The molecule has 0 aliphatic carbocycles. The maximum atomic E-state index is 12.4. The highest BCUT2D eigenvalue weighted by atomic mass is 35.5. The monoisotopic (exact) mass is 362 g/mol. The number of benzene rings is 2. The smallest absolute Gasteiger partial charge is 0.308 e. The Hall–Kier alpha value is -2.51. The van der Waals surface area contributed by atoms with E-state index >= 15 is 0 Å². The number of hydrogen-bond donors (Lipinski definition) is 1. The number of amides is 1. The SMILES string of the molecule is NC(=O)c1ccc(Cl)c2sc(=O)n(Cc3ccc4c(c3)OCO4)c12. The van der Waals surface area contributed by atoms with Crippen molar-refractivity contribution in [3.05, 3.63) is 56.1 Å². The van der Waals surface area contributed by atoms with E-state index in [1.54, 1.807) is 12.1 Å². The highest BCUT2D eigenvalue weighted by molar-refractivity contribution is 7.17. The van der Waals surface area contributed by atoms with Crippen LogP contribution in [0.25, 0.3) is 10.2 Å². The van der Waals surface area contributed by atoms with Gasteiger partial charge in [-0.25, -0.2) is 0 Å². The molecular weight excluding hydrogens is 352 g/mol. The lowest BCUT2D eigenvalue weighted by atomic mass is 10.1. The first-order chi connectivity index (χ1) is 11.5. The van der Waals surface area contributed by atoms with Crippen molar-refractivity contribution in [2.24, 2.45) is 5.73 Å². The number of ether oxygens (including phenoxy) is 2. The van der Waals surface area contributed by atoms with Gasteiger partial charge < -0.3 is 15.2 Å². The quantitative estimate of drug-likeness (QED) is 0.776. The second kappa shape index (κ2) is 5.54. The van der Waals surface area contributed by atoms with Gasteiger partial charge in [0.1, 0.15) is 0 Å². The molecule has 8 heteroatoms. The molecule has 2 N–H and O–H groups in total. The molecule has 0 fully saturated rings. The van der Waals surface area contributed by atoms with E-state index in [-0.39, 0.29) is 23.8 Å². The van der Waals surface area contributed by atoms with Gasteiger partial charge in [0.15, 0.2) is 11.5 Å². The highest BCUT2D eigenvalue weighted by Gasteiger charge is 2.19. The van der Waals surface area contributed by atoms with Crippen molar-refractivity contribution in [1.82, 2.24) is 4.57 Å². The van der Waals surface area contributed by atoms with Crippen LogP contribution in [-0.4, -0.2) is 17.3 Å². The summed E-state index contributed by atoms with van der Waals surface area (Å²) in [6.45, 7) is 0.456. The summed E-state index contributed by atoms with van der Waals surface area (Å²) in [5, 5.41) is 0.418. The molecule has 24 heavy (non-hydrogen) atoms. The van der Waals surface area contributed by atoms with Crippen molar-refractivity contribution in [3.63, 3.8) is 0 Å². The summed E-state index contributed by atoms with van der Waals surface area (Å²) in [5.74, 6) is 0.698. The second-order valence-corrected chi connectivity index (χ2v) is 6.65. The number of primary amides is 1. The molecule has 0 saturated heterocycles. The highest BCUT2D eigenvalue weighted by Crippen LogP contribution is 2.34. The molecule has 0 unspecified atom stereocenters. The van der Waals surface area contributed by atoms with Crippen LogP contribution in [0.3, 0.4) is 0 Å². The molecule has 1 aromatic heterocycles. The van der Waals surface area contributed by atoms with Gasteiger partial charge in [-0.2, -0.15) is 0 Å². The fourth-order valence-electron chi connectivity index (χ4n) is 2.71. The molecule has 0 spiro atoms. The average molecular weight is 363 g/mol. The van der Waals surface area contributed by atoms with E-state index in [0.29, 0.717) is 26.7 Å². The van der Waals surface area contributed by atoms with Gasteiger partial charge in [0.25, 0.3) is 5.91 Å². The van der Waals surface area contributed by atoms with Gasteiger partial charge in [0.2, 0.25) is 6.79 Å². The molecule has 4 rings (SSSR count). The van der Waals surface area contributed by atoms with E-state index in [1.165, 1.54) is 10.6 Å². The van der Waals surface area contributed by atoms with Crippen LogP contribution >= 0.6 is 22.9 Å². The topological polar surface area (TPSA) is 83.6 Å². The Kier molecular flexibility index (Phi) is 3.47. The van der Waals surface area contributed by atoms with Crippen LogP contribution in [0.4, 0.5) is 0 Å². The number of thiazole rings is 1. The Morgan fingerprint density at radius 1 is 1.25 bits per heavy atom. The molecule has 2 aromatic carbocycles. The van der Waals surface area contributed by atoms with Crippen LogP contribution in [0.5, 0.6) is 11.5 Å². The average Bonchev–Trinajstić information content (AvgIpc) is 3.13. The van der Waals surface area contributed by atoms with Gasteiger partial charge in [0, 0.05) is 0 Å². The summed E-state index contributed by atoms with van der Waals surface area (Å²) in [4.78, 5) is 23.9. The molecule has 1 amide bonds. The molecule has 0 atom stereocenters. The first-order valence-corrected chi connectivity index (χ1v) is 8.24. The molecule has 1 aliphatic rings. The third-order valence-electron chi connectivity index (χ3n) is 3.81. The zero-order chi connectivity index (χ0) is 16.8. The van der Waals surface area contributed by atoms with Crippen molar-refractivity contribution in [2.75, 3.05) is 6.79 Å². The van der Waals surface area contributed by atoms with Crippen molar-refractivity contribution in [1.29, 1.82) is 0 Å².